The van der Waals surface area contributed by atoms with Gasteiger partial charge >= 0.3 is 0 Å². The lowest BCUT2D eigenvalue weighted by atomic mass is 10.3. The third kappa shape index (κ3) is 3.39. The zero-order valence-electron chi connectivity index (χ0n) is 15.6. The molecule has 6 nitrogen and oxygen atoms in total. The van der Waals surface area contributed by atoms with Gasteiger partial charge in [-0.15, -0.1) is 0 Å². The predicted molar refractivity (Wildman–Crippen MR) is 114 cm³/mol. The molecule has 0 bridgehead atoms. The highest BCUT2D eigenvalue weighted by Gasteiger charge is 2.20. The first kappa shape index (κ1) is 18.2. The van der Waals surface area contributed by atoms with Gasteiger partial charge in [0.1, 0.15) is 13.1 Å². The number of fused-ring (bicyclic) bond motifs is 2. The maximum atomic E-state index is 6.49. The minimum atomic E-state index is 0.548. The van der Waals surface area contributed by atoms with Crippen molar-refractivity contribution < 1.29 is 4.57 Å². The molecule has 3 aromatic heterocycles. The van der Waals surface area contributed by atoms with Crippen molar-refractivity contribution in [3.05, 3.63) is 77.8 Å². The molecule has 5 rings (SSSR count). The highest BCUT2D eigenvalue weighted by Crippen LogP contribution is 2.20. The molecule has 0 spiro atoms. The van der Waals surface area contributed by atoms with Crippen molar-refractivity contribution in [2.45, 2.75) is 26.2 Å². The van der Waals surface area contributed by atoms with Gasteiger partial charge in [-0.1, -0.05) is 24.3 Å². The Kier molecular flexibility index (Phi) is 4.73. The van der Waals surface area contributed by atoms with Crippen LogP contribution in [0, 0.1) is 0 Å². The maximum Gasteiger partial charge on any atom is 0.255 e. The fourth-order valence-electron chi connectivity index (χ4n) is 3.63. The molecule has 0 fully saturated rings. The lowest BCUT2D eigenvalue weighted by molar-refractivity contribution is -0.695. The van der Waals surface area contributed by atoms with E-state index in [1.165, 1.54) is 0 Å². The number of hydrogen-bond donors (Lipinski definition) is 0. The Hall–Kier alpha value is -2.83. The van der Waals surface area contributed by atoms with E-state index >= 15 is 0 Å². The Morgan fingerprint density at radius 1 is 0.724 bits per heavy atom. The van der Waals surface area contributed by atoms with Gasteiger partial charge in [0.25, 0.3) is 10.3 Å². The molecule has 0 unspecified atom stereocenters. The first-order valence-electron chi connectivity index (χ1n) is 9.44. The fourth-order valence-corrected chi connectivity index (χ4v) is 4.10. The van der Waals surface area contributed by atoms with Crippen molar-refractivity contribution in [2.75, 3.05) is 0 Å². The predicted octanol–water partition coefficient (Wildman–Crippen LogP) is 4.18. The number of aromatic nitrogens is 6. The van der Waals surface area contributed by atoms with Crippen LogP contribution in [0.25, 0.3) is 22.1 Å². The smallest absolute Gasteiger partial charge is 0.255 e. The summed E-state index contributed by atoms with van der Waals surface area (Å²) in [5, 5.41) is 1.10. The Labute approximate surface area is 177 Å². The Morgan fingerprint density at radius 2 is 1.28 bits per heavy atom. The molecule has 2 aromatic carbocycles. The van der Waals surface area contributed by atoms with E-state index in [9.17, 15) is 0 Å². The molecule has 8 heteroatoms. The molecule has 0 amide bonds. The average molecular weight is 426 g/mol. The van der Waals surface area contributed by atoms with Crippen LogP contribution in [0.4, 0.5) is 0 Å². The largest absolute Gasteiger partial charge is 0.327 e. The quantitative estimate of drug-likeness (QED) is 0.383. The lowest BCUT2D eigenvalue weighted by Gasteiger charge is -2.03. The summed E-state index contributed by atoms with van der Waals surface area (Å²) in [7, 11) is 0. The molecule has 0 aliphatic heterocycles. The standard InChI is InChI=1S/C21H19Cl2N6/c22-20-21(23)29(12-10-27-14-25-17-6-2-4-8-19(17)27)15-28(20)11-9-26-13-24-16-5-1-3-7-18(16)26/h1-8,13-15H,9-12H2/q+1. The Morgan fingerprint density at radius 3 is 1.93 bits per heavy atom. The molecule has 0 radical (unpaired) electrons. The molecule has 0 saturated heterocycles. The number of benzene rings is 2. The van der Waals surface area contributed by atoms with Crippen LogP contribution < -0.4 is 4.57 Å². The molecule has 29 heavy (non-hydrogen) atoms. The summed E-state index contributed by atoms with van der Waals surface area (Å²) >= 11 is 13.0. The molecule has 0 aliphatic carbocycles. The molecule has 5 aromatic rings. The number of rotatable bonds is 6. The maximum absolute atomic E-state index is 6.49. The van der Waals surface area contributed by atoms with E-state index in [4.69, 9.17) is 23.2 Å². The van der Waals surface area contributed by atoms with E-state index in [2.05, 4.69) is 31.2 Å². The summed E-state index contributed by atoms with van der Waals surface area (Å²) in [5.41, 5.74) is 4.21. The first-order valence-corrected chi connectivity index (χ1v) is 10.2. The van der Waals surface area contributed by atoms with Crippen LogP contribution in [-0.2, 0) is 26.2 Å². The van der Waals surface area contributed by atoms with Crippen molar-refractivity contribution in [1.29, 1.82) is 0 Å². The third-order valence-corrected chi connectivity index (χ3v) is 6.06. The van der Waals surface area contributed by atoms with Crippen LogP contribution in [0.2, 0.25) is 10.3 Å². The van der Waals surface area contributed by atoms with Crippen LogP contribution in [0.15, 0.2) is 67.5 Å². The van der Waals surface area contributed by atoms with Gasteiger partial charge in [0.15, 0.2) is 0 Å². The van der Waals surface area contributed by atoms with Gasteiger partial charge in [-0.2, -0.15) is 0 Å². The van der Waals surface area contributed by atoms with Crippen molar-refractivity contribution >= 4 is 45.3 Å². The topological polar surface area (TPSA) is 44.5 Å². The van der Waals surface area contributed by atoms with Crippen LogP contribution in [0.3, 0.4) is 0 Å². The summed E-state index contributed by atoms with van der Waals surface area (Å²) in [4.78, 5) is 8.88. The van der Waals surface area contributed by atoms with Gasteiger partial charge in [0.2, 0.25) is 6.33 Å². The highest BCUT2D eigenvalue weighted by molar-refractivity contribution is 6.39. The summed E-state index contributed by atoms with van der Waals surface area (Å²) in [6.07, 6.45) is 5.70. The normalized spacial score (nSPS) is 11.7. The lowest BCUT2D eigenvalue weighted by Crippen LogP contribution is -2.35. The molecule has 146 valence electrons. The molecule has 0 N–H and O–H groups in total. The van der Waals surface area contributed by atoms with Gasteiger partial charge in [0.05, 0.1) is 47.8 Å². The second-order valence-corrected chi connectivity index (χ2v) is 7.65. The second kappa shape index (κ2) is 7.54. The second-order valence-electron chi connectivity index (χ2n) is 6.94. The van der Waals surface area contributed by atoms with Crippen LogP contribution in [0.5, 0.6) is 0 Å². The summed E-state index contributed by atoms with van der Waals surface area (Å²) in [6, 6.07) is 16.2. The number of nitrogens with zero attached hydrogens (tertiary/aromatic N) is 6. The van der Waals surface area contributed by atoms with E-state index in [1.54, 1.807) is 0 Å². The number of aryl methyl sites for hydroxylation is 4. The zero-order chi connectivity index (χ0) is 19.8. The van der Waals surface area contributed by atoms with Gasteiger partial charge in [-0.25, -0.2) is 19.1 Å². The average Bonchev–Trinajstić information content (AvgIpc) is 3.43. The number of hydrogen-bond acceptors (Lipinski definition) is 2. The minimum absolute atomic E-state index is 0.548. The fraction of sp³-hybridized carbons (Fsp3) is 0.190. The number of para-hydroxylation sites is 4. The van der Waals surface area contributed by atoms with Gasteiger partial charge in [0, 0.05) is 0 Å². The zero-order valence-corrected chi connectivity index (χ0v) is 17.1. The molecular weight excluding hydrogens is 407 g/mol. The Bertz CT molecular complexity index is 1200. The molecule has 0 saturated carbocycles. The number of imidazole rings is 3. The summed E-state index contributed by atoms with van der Waals surface area (Å²) in [5.74, 6) is 0. The third-order valence-electron chi connectivity index (χ3n) is 5.17. The van der Waals surface area contributed by atoms with Gasteiger partial charge in [-0.3, -0.25) is 0 Å². The SMILES string of the molecule is Clc1c(Cl)[n+](CCn2cnc3ccccc32)cn1CCn1cnc2ccccc21. The van der Waals surface area contributed by atoms with E-state index in [1.807, 2.05) is 64.5 Å². The van der Waals surface area contributed by atoms with E-state index in [-0.39, 0.29) is 0 Å². The monoisotopic (exact) mass is 425 g/mol. The van der Waals surface area contributed by atoms with Crippen LogP contribution in [0.1, 0.15) is 0 Å². The Balaban J connectivity index is 1.32. The van der Waals surface area contributed by atoms with Crippen molar-refractivity contribution in [1.82, 2.24) is 23.7 Å². The van der Waals surface area contributed by atoms with Gasteiger partial charge < -0.3 is 9.13 Å². The summed E-state index contributed by atoms with van der Waals surface area (Å²) < 4.78 is 8.21. The van der Waals surface area contributed by atoms with E-state index in [0.29, 0.717) is 23.4 Å². The minimum Gasteiger partial charge on any atom is -0.327 e. The van der Waals surface area contributed by atoms with Crippen molar-refractivity contribution in [3.63, 3.8) is 0 Å². The van der Waals surface area contributed by atoms with Crippen molar-refractivity contribution in [3.8, 4) is 0 Å². The number of halogens is 2. The molecule has 0 aliphatic rings. The highest BCUT2D eigenvalue weighted by atomic mass is 35.5. The summed E-state index contributed by atoms with van der Waals surface area (Å²) in [6.45, 7) is 2.94. The first-order chi connectivity index (χ1) is 14.2. The van der Waals surface area contributed by atoms with E-state index in [0.717, 1.165) is 35.2 Å². The molecular formula is C21H19Cl2N6+. The molecule has 3 heterocycles. The van der Waals surface area contributed by atoms with Crippen molar-refractivity contribution in [2.24, 2.45) is 0 Å². The van der Waals surface area contributed by atoms with Gasteiger partial charge in [-0.05, 0) is 47.5 Å². The molecule has 0 atom stereocenters. The van der Waals surface area contributed by atoms with E-state index < -0.39 is 0 Å². The van der Waals surface area contributed by atoms with Crippen LogP contribution in [-0.4, -0.2) is 23.7 Å². The van der Waals surface area contributed by atoms with Crippen LogP contribution >= 0.6 is 23.2 Å².